The Bertz CT molecular complexity index is 1700. The number of fused-ring (bicyclic) bond motifs is 1. The number of ether oxygens (including phenoxy) is 2. The molecule has 0 unspecified atom stereocenters. The third-order valence-electron chi connectivity index (χ3n) is 7.81. The van der Waals surface area contributed by atoms with E-state index in [0.717, 1.165) is 18.4 Å². The van der Waals surface area contributed by atoms with Crippen molar-refractivity contribution in [3.05, 3.63) is 111 Å². The number of carboxylic acids is 1. The van der Waals surface area contributed by atoms with Gasteiger partial charge in [0.1, 0.15) is 36.3 Å². The number of nitriles is 1. The van der Waals surface area contributed by atoms with Gasteiger partial charge in [-0.1, -0.05) is 67.9 Å². The highest BCUT2D eigenvalue weighted by molar-refractivity contribution is 6.32. The van der Waals surface area contributed by atoms with Gasteiger partial charge in [0.2, 0.25) is 0 Å². The zero-order valence-corrected chi connectivity index (χ0v) is 25.3. The fraction of sp³-hybridized carbons (Fsp3) is 0.286. The maximum Gasteiger partial charge on any atom is 0.323 e. The maximum atomic E-state index is 11.5. The lowest BCUT2D eigenvalue weighted by atomic mass is 9.89. The number of aliphatic hydroxyl groups excluding tert-OH is 1. The van der Waals surface area contributed by atoms with Crippen LogP contribution in [0.25, 0.3) is 11.1 Å². The second-order valence-corrected chi connectivity index (χ2v) is 11.5. The van der Waals surface area contributed by atoms with E-state index in [1.807, 2.05) is 0 Å². The minimum absolute atomic E-state index is 0.0776. The molecule has 1 heterocycles. The molecule has 0 amide bonds. The van der Waals surface area contributed by atoms with E-state index in [1.165, 1.54) is 28.5 Å². The average molecular weight is 612 g/mol. The van der Waals surface area contributed by atoms with E-state index < -0.39 is 18.6 Å². The summed E-state index contributed by atoms with van der Waals surface area (Å²) >= 11 is 6.74. The summed E-state index contributed by atoms with van der Waals surface area (Å²) in [6.07, 6.45) is 4.53. The Morgan fingerprint density at radius 3 is 2.66 bits per heavy atom. The summed E-state index contributed by atoms with van der Waals surface area (Å²) in [7, 11) is 0. The number of aliphatic hydroxyl groups is 1. The number of aliphatic carboxylic acids is 1. The second kappa shape index (κ2) is 13.9. The predicted octanol–water partition coefficient (Wildman–Crippen LogP) is 6.58. The first kappa shape index (κ1) is 31.0. The number of carbonyl (C=O) groups is 1. The van der Waals surface area contributed by atoms with Crippen LogP contribution in [0.5, 0.6) is 11.5 Å². The quantitative estimate of drug-likeness (QED) is 0.164. The summed E-state index contributed by atoms with van der Waals surface area (Å²) in [6.45, 7) is 4.03. The maximum absolute atomic E-state index is 11.5. The molecule has 5 rings (SSSR count). The number of rotatable bonds is 12. The first-order valence-electron chi connectivity index (χ1n) is 14.5. The van der Waals surface area contributed by atoms with E-state index in [1.54, 1.807) is 24.4 Å². The largest absolute Gasteiger partial charge is 0.488 e. The molecule has 0 aliphatic heterocycles. The zero-order chi connectivity index (χ0) is 31.2. The van der Waals surface area contributed by atoms with Gasteiger partial charge in [-0.25, -0.2) is 0 Å². The van der Waals surface area contributed by atoms with Gasteiger partial charge in [-0.2, -0.15) is 5.26 Å². The standard InChI is InChI=1S/C35H34ClN3O5/c1-21(2)25-6-3-4-7-26(25)27-8-5-9-29-28(27)10-11-32(29)44-34-14-33(43-20-23-12-22(15-37)16-38-17-23)24(13-30(34)36)18-39-31(19-40)35(41)42/h3-9,12-14,16-17,21,31-32,39-40H,10-11,18-20H2,1-2H3,(H,41,42)/t31-,32-/m0/s1. The summed E-state index contributed by atoms with van der Waals surface area (Å²) in [5, 5.41) is 31.2. The number of halogens is 1. The monoisotopic (exact) mass is 611 g/mol. The third kappa shape index (κ3) is 6.87. The number of hydrogen-bond donors (Lipinski definition) is 3. The van der Waals surface area contributed by atoms with E-state index in [4.69, 9.17) is 21.1 Å². The normalized spacial score (nSPS) is 14.6. The molecule has 44 heavy (non-hydrogen) atoms. The number of carboxylic acid groups (broad SMARTS) is 1. The van der Waals surface area contributed by atoms with Crippen LogP contribution in [0, 0.1) is 11.3 Å². The van der Waals surface area contributed by atoms with Crippen molar-refractivity contribution in [2.24, 2.45) is 0 Å². The van der Waals surface area contributed by atoms with E-state index in [0.29, 0.717) is 39.1 Å². The van der Waals surface area contributed by atoms with Crippen molar-refractivity contribution in [1.82, 2.24) is 10.3 Å². The molecular formula is C35H34ClN3O5. The molecular weight excluding hydrogens is 578 g/mol. The van der Waals surface area contributed by atoms with Crippen LogP contribution in [0.4, 0.5) is 0 Å². The smallest absolute Gasteiger partial charge is 0.323 e. The molecule has 9 heteroatoms. The van der Waals surface area contributed by atoms with Crippen LogP contribution in [-0.2, 0) is 24.4 Å². The molecule has 1 aliphatic carbocycles. The molecule has 0 radical (unpaired) electrons. The Hall–Kier alpha value is -4.42. The van der Waals surface area contributed by atoms with Gasteiger partial charge in [-0.15, -0.1) is 0 Å². The van der Waals surface area contributed by atoms with Crippen molar-refractivity contribution in [3.8, 4) is 28.7 Å². The van der Waals surface area contributed by atoms with Crippen LogP contribution < -0.4 is 14.8 Å². The number of pyridine rings is 1. The van der Waals surface area contributed by atoms with Crippen molar-refractivity contribution in [3.63, 3.8) is 0 Å². The van der Waals surface area contributed by atoms with Gasteiger partial charge in [0.15, 0.2) is 0 Å². The van der Waals surface area contributed by atoms with Crippen molar-refractivity contribution >= 4 is 17.6 Å². The summed E-state index contributed by atoms with van der Waals surface area (Å²) in [5.74, 6) is 0.0917. The van der Waals surface area contributed by atoms with Crippen LogP contribution >= 0.6 is 11.6 Å². The molecule has 1 aromatic heterocycles. The van der Waals surface area contributed by atoms with Crippen molar-refractivity contribution in [2.75, 3.05) is 6.61 Å². The van der Waals surface area contributed by atoms with Crippen LogP contribution in [0.3, 0.4) is 0 Å². The van der Waals surface area contributed by atoms with Crippen molar-refractivity contribution in [2.45, 2.75) is 57.9 Å². The van der Waals surface area contributed by atoms with Crippen LogP contribution in [0.1, 0.15) is 65.7 Å². The van der Waals surface area contributed by atoms with Crippen molar-refractivity contribution in [1.29, 1.82) is 5.26 Å². The fourth-order valence-corrected chi connectivity index (χ4v) is 5.81. The lowest BCUT2D eigenvalue weighted by Crippen LogP contribution is -2.39. The summed E-state index contributed by atoms with van der Waals surface area (Å²) in [6, 6.07) is 20.9. The first-order chi connectivity index (χ1) is 21.3. The predicted molar refractivity (Wildman–Crippen MR) is 168 cm³/mol. The second-order valence-electron chi connectivity index (χ2n) is 11.1. The first-order valence-corrected chi connectivity index (χ1v) is 14.9. The highest BCUT2D eigenvalue weighted by atomic mass is 35.5. The zero-order valence-electron chi connectivity index (χ0n) is 24.6. The molecule has 8 nitrogen and oxygen atoms in total. The minimum atomic E-state index is -1.17. The molecule has 0 saturated heterocycles. The molecule has 2 atom stereocenters. The number of aromatic nitrogens is 1. The topological polar surface area (TPSA) is 125 Å². The fourth-order valence-electron chi connectivity index (χ4n) is 5.58. The van der Waals surface area contributed by atoms with Crippen molar-refractivity contribution < 1.29 is 24.5 Å². The van der Waals surface area contributed by atoms with Gasteiger partial charge in [0, 0.05) is 36.1 Å². The Kier molecular flexibility index (Phi) is 9.81. The molecule has 3 aromatic carbocycles. The van der Waals surface area contributed by atoms with Crippen LogP contribution in [0.2, 0.25) is 5.02 Å². The van der Waals surface area contributed by atoms with Gasteiger partial charge in [-0.3, -0.25) is 15.1 Å². The minimum Gasteiger partial charge on any atom is -0.488 e. The molecule has 226 valence electrons. The summed E-state index contributed by atoms with van der Waals surface area (Å²) in [4.78, 5) is 15.5. The van der Waals surface area contributed by atoms with E-state index in [9.17, 15) is 20.3 Å². The van der Waals surface area contributed by atoms with E-state index in [2.05, 4.69) is 72.7 Å². The van der Waals surface area contributed by atoms with Gasteiger partial charge in [0.05, 0.1) is 17.2 Å². The SMILES string of the molecule is CC(C)c1ccccc1-c1cccc2c1CC[C@@H]2Oc1cc(OCc2cncc(C#N)c2)c(CN[C@@H](CO)C(=O)O)cc1Cl. The molecule has 0 fully saturated rings. The van der Waals surface area contributed by atoms with E-state index in [-0.39, 0.29) is 19.3 Å². The summed E-state index contributed by atoms with van der Waals surface area (Å²) in [5.41, 5.74) is 7.85. The Balaban J connectivity index is 1.44. The van der Waals surface area contributed by atoms with E-state index >= 15 is 0 Å². The van der Waals surface area contributed by atoms with Crippen LogP contribution in [0.15, 0.2) is 73.1 Å². The molecule has 3 N–H and O–H groups in total. The van der Waals surface area contributed by atoms with Gasteiger partial charge < -0.3 is 19.7 Å². The molecule has 0 saturated carbocycles. The molecule has 0 spiro atoms. The number of hydrogen-bond acceptors (Lipinski definition) is 7. The number of benzene rings is 3. The molecule has 1 aliphatic rings. The Morgan fingerprint density at radius 2 is 1.91 bits per heavy atom. The lowest BCUT2D eigenvalue weighted by molar-refractivity contribution is -0.140. The summed E-state index contributed by atoms with van der Waals surface area (Å²) < 4.78 is 12.7. The van der Waals surface area contributed by atoms with Gasteiger partial charge >= 0.3 is 5.97 Å². The Morgan fingerprint density at radius 1 is 1.11 bits per heavy atom. The van der Waals surface area contributed by atoms with Gasteiger partial charge in [-0.05, 0) is 58.7 Å². The highest BCUT2D eigenvalue weighted by Gasteiger charge is 2.28. The third-order valence-corrected chi connectivity index (χ3v) is 8.11. The number of nitrogens with zero attached hydrogens (tertiary/aromatic N) is 2. The Labute approximate surface area is 261 Å². The number of nitrogens with one attached hydrogen (secondary N) is 1. The molecule has 4 aromatic rings. The highest BCUT2D eigenvalue weighted by Crippen LogP contribution is 2.44. The van der Waals surface area contributed by atoms with Gasteiger partial charge in [0.25, 0.3) is 0 Å². The van der Waals surface area contributed by atoms with Crippen LogP contribution in [-0.4, -0.2) is 33.8 Å². The average Bonchev–Trinajstić information content (AvgIpc) is 3.44. The lowest BCUT2D eigenvalue weighted by Gasteiger charge is -2.21. The molecule has 0 bridgehead atoms.